The van der Waals surface area contributed by atoms with E-state index in [1.807, 2.05) is 0 Å². The number of aromatic nitrogens is 2. The summed E-state index contributed by atoms with van der Waals surface area (Å²) in [4.78, 5) is 28.4. The van der Waals surface area contributed by atoms with Crippen molar-refractivity contribution in [3.05, 3.63) is 47.7 Å². The Morgan fingerprint density at radius 1 is 1.23 bits per heavy atom. The van der Waals surface area contributed by atoms with Gasteiger partial charge in [0.2, 0.25) is 15.8 Å². The van der Waals surface area contributed by atoms with Crippen molar-refractivity contribution < 1.29 is 31.9 Å². The molecule has 166 valence electrons. The fraction of sp³-hybridized carbons (Fsp3) is 0.350. The highest BCUT2D eigenvalue weighted by Crippen LogP contribution is 2.22. The number of carbonyl (C=O) groups is 2. The molecule has 10 nitrogen and oxygen atoms in total. The molecule has 2 aromatic heterocycles. The first kappa shape index (κ1) is 22.5. The van der Waals surface area contributed by atoms with E-state index in [1.54, 1.807) is 17.7 Å². The Kier molecular flexibility index (Phi) is 6.46. The highest BCUT2D eigenvalue weighted by atomic mass is 32.2. The molecule has 0 aliphatic rings. The van der Waals surface area contributed by atoms with Crippen LogP contribution in [-0.4, -0.2) is 55.4 Å². The van der Waals surface area contributed by atoms with E-state index >= 15 is 0 Å². The van der Waals surface area contributed by atoms with Crippen LogP contribution in [-0.2, 0) is 44.4 Å². The zero-order chi connectivity index (χ0) is 22.8. The Bertz CT molecular complexity index is 1220. The molecule has 31 heavy (non-hydrogen) atoms. The first-order valence-electron chi connectivity index (χ1n) is 9.33. The molecule has 0 amide bonds. The molecule has 3 aromatic rings. The van der Waals surface area contributed by atoms with Crippen LogP contribution in [0.25, 0.3) is 11.0 Å². The molecule has 3 rings (SSSR count). The van der Waals surface area contributed by atoms with E-state index in [2.05, 4.69) is 9.72 Å². The van der Waals surface area contributed by atoms with Gasteiger partial charge in [-0.05, 0) is 24.3 Å². The Hall–Kier alpha value is -3.18. The molecule has 0 bridgehead atoms. The lowest BCUT2D eigenvalue weighted by atomic mass is 10.2. The minimum atomic E-state index is -3.57. The summed E-state index contributed by atoms with van der Waals surface area (Å²) in [5.74, 6) is -0.509. The molecule has 1 aromatic carbocycles. The number of methoxy groups -OCH3 is 1. The summed E-state index contributed by atoms with van der Waals surface area (Å²) in [6.07, 6.45) is 1.68. The molecule has 0 saturated heterocycles. The van der Waals surface area contributed by atoms with Crippen LogP contribution in [0.5, 0.6) is 0 Å². The third kappa shape index (κ3) is 4.62. The summed E-state index contributed by atoms with van der Waals surface area (Å²) in [7, 11) is 2.39. The maximum absolute atomic E-state index is 12.3. The topological polar surface area (TPSA) is 121 Å². The molecule has 0 N–H and O–H groups in total. The minimum Gasteiger partial charge on any atom is -0.463 e. The van der Waals surface area contributed by atoms with Crippen LogP contribution >= 0.6 is 0 Å². The van der Waals surface area contributed by atoms with Gasteiger partial charge in [-0.25, -0.2) is 22.5 Å². The van der Waals surface area contributed by atoms with E-state index in [-0.39, 0.29) is 23.7 Å². The van der Waals surface area contributed by atoms with E-state index in [0.717, 1.165) is 9.82 Å². The van der Waals surface area contributed by atoms with Gasteiger partial charge in [0.05, 0.1) is 35.7 Å². The predicted molar refractivity (Wildman–Crippen MR) is 110 cm³/mol. The number of benzene rings is 1. The van der Waals surface area contributed by atoms with Crippen molar-refractivity contribution in [1.29, 1.82) is 0 Å². The number of ether oxygens (including phenoxy) is 2. The SMILES string of the molecule is COC(=O)c1occc1COC(=O)CCc1nc2cc(S(=O)(=O)N(C)C)ccc2n1C. The maximum atomic E-state index is 12.3. The molecule has 0 radical (unpaired) electrons. The lowest BCUT2D eigenvalue weighted by molar-refractivity contribution is -0.145. The summed E-state index contributed by atoms with van der Waals surface area (Å²) in [6, 6.07) is 6.26. The first-order chi connectivity index (χ1) is 14.6. The number of sulfonamides is 1. The zero-order valence-electron chi connectivity index (χ0n) is 17.6. The van der Waals surface area contributed by atoms with Crippen molar-refractivity contribution in [2.24, 2.45) is 7.05 Å². The van der Waals surface area contributed by atoms with E-state index < -0.39 is 22.0 Å². The van der Waals surface area contributed by atoms with Gasteiger partial charge in [0.1, 0.15) is 12.4 Å². The largest absolute Gasteiger partial charge is 0.463 e. The van der Waals surface area contributed by atoms with Crippen LogP contribution in [0.15, 0.2) is 39.8 Å². The van der Waals surface area contributed by atoms with Gasteiger partial charge in [-0.3, -0.25) is 4.79 Å². The smallest absolute Gasteiger partial charge is 0.374 e. The molecule has 0 fully saturated rings. The number of esters is 2. The van der Waals surface area contributed by atoms with E-state index in [9.17, 15) is 18.0 Å². The molecule has 0 spiro atoms. The maximum Gasteiger partial charge on any atom is 0.374 e. The van der Waals surface area contributed by atoms with Crippen molar-refractivity contribution >= 4 is 33.0 Å². The molecular weight excluding hydrogens is 426 g/mol. The Morgan fingerprint density at radius 3 is 2.65 bits per heavy atom. The predicted octanol–water partition coefficient (Wildman–Crippen LogP) is 1.88. The number of nitrogens with zero attached hydrogens (tertiary/aromatic N) is 3. The minimum absolute atomic E-state index is 0.00543. The third-order valence-electron chi connectivity index (χ3n) is 4.78. The number of aryl methyl sites for hydroxylation is 2. The number of furan rings is 1. The molecule has 0 atom stereocenters. The monoisotopic (exact) mass is 449 g/mol. The summed E-state index contributed by atoms with van der Waals surface area (Å²) in [5, 5.41) is 0. The number of fused-ring (bicyclic) bond motifs is 1. The zero-order valence-corrected chi connectivity index (χ0v) is 18.4. The lowest BCUT2D eigenvalue weighted by Crippen LogP contribution is -2.22. The van der Waals surface area contributed by atoms with Crippen LogP contribution in [0, 0.1) is 0 Å². The summed E-state index contributed by atoms with van der Waals surface area (Å²) in [6.45, 7) is -0.117. The second-order valence-electron chi connectivity index (χ2n) is 6.95. The average Bonchev–Trinajstić information content (AvgIpc) is 3.34. The van der Waals surface area contributed by atoms with Gasteiger partial charge in [0.15, 0.2) is 0 Å². The second-order valence-corrected chi connectivity index (χ2v) is 9.10. The van der Waals surface area contributed by atoms with Crippen LogP contribution in [0.2, 0.25) is 0 Å². The van der Waals surface area contributed by atoms with E-state index in [4.69, 9.17) is 9.15 Å². The Morgan fingerprint density at radius 2 is 1.97 bits per heavy atom. The van der Waals surface area contributed by atoms with Crippen LogP contribution < -0.4 is 0 Å². The fourth-order valence-corrected chi connectivity index (χ4v) is 3.91. The molecule has 0 aliphatic carbocycles. The van der Waals surface area contributed by atoms with E-state index in [0.29, 0.717) is 23.3 Å². The Balaban J connectivity index is 1.67. The average molecular weight is 449 g/mol. The van der Waals surface area contributed by atoms with Gasteiger partial charge < -0.3 is 18.5 Å². The molecule has 2 heterocycles. The van der Waals surface area contributed by atoms with Crippen molar-refractivity contribution in [2.45, 2.75) is 24.3 Å². The second kappa shape index (κ2) is 8.90. The summed E-state index contributed by atoms with van der Waals surface area (Å²) in [5.41, 5.74) is 1.69. The van der Waals surface area contributed by atoms with E-state index in [1.165, 1.54) is 45.7 Å². The van der Waals surface area contributed by atoms with Crippen LogP contribution in [0.3, 0.4) is 0 Å². The highest BCUT2D eigenvalue weighted by molar-refractivity contribution is 7.89. The van der Waals surface area contributed by atoms with Gasteiger partial charge in [0.25, 0.3) is 0 Å². The molecule has 11 heteroatoms. The Labute approximate surface area is 179 Å². The van der Waals surface area contributed by atoms with Crippen molar-refractivity contribution in [2.75, 3.05) is 21.2 Å². The van der Waals surface area contributed by atoms with Gasteiger partial charge in [0, 0.05) is 33.1 Å². The van der Waals surface area contributed by atoms with Crippen molar-refractivity contribution in [3.63, 3.8) is 0 Å². The number of imidazole rings is 1. The molecule has 0 saturated carbocycles. The van der Waals surface area contributed by atoms with Gasteiger partial charge in [-0.15, -0.1) is 0 Å². The summed E-state index contributed by atoms with van der Waals surface area (Å²) >= 11 is 0. The standard InChI is InChI=1S/C20H23N3O7S/c1-22(2)31(26,27)14-5-6-16-15(11-14)21-17(23(16)3)7-8-18(24)30-12-13-9-10-29-19(13)20(25)28-4/h5-6,9-11H,7-8,12H2,1-4H3. The molecular formula is C20H23N3O7S. The molecule has 0 unspecified atom stereocenters. The number of hydrogen-bond donors (Lipinski definition) is 0. The molecule has 0 aliphatic heterocycles. The van der Waals surface area contributed by atoms with Crippen molar-refractivity contribution in [1.82, 2.24) is 13.9 Å². The summed E-state index contributed by atoms with van der Waals surface area (Å²) < 4.78 is 42.5. The normalized spacial score (nSPS) is 11.8. The number of hydrogen-bond acceptors (Lipinski definition) is 8. The number of rotatable bonds is 8. The van der Waals surface area contributed by atoms with Crippen molar-refractivity contribution in [3.8, 4) is 0 Å². The van der Waals surface area contributed by atoms with Gasteiger partial charge in [-0.2, -0.15) is 0 Å². The van der Waals surface area contributed by atoms with Gasteiger partial charge >= 0.3 is 11.9 Å². The van der Waals surface area contributed by atoms with Crippen LogP contribution in [0.1, 0.15) is 28.4 Å². The third-order valence-corrected chi connectivity index (χ3v) is 6.59. The number of carbonyl (C=O) groups excluding carboxylic acids is 2. The quantitative estimate of drug-likeness (QED) is 0.478. The first-order valence-corrected chi connectivity index (χ1v) is 10.8. The van der Waals surface area contributed by atoms with Crippen LogP contribution in [0.4, 0.5) is 0 Å². The van der Waals surface area contributed by atoms with Gasteiger partial charge in [-0.1, -0.05) is 0 Å². The lowest BCUT2D eigenvalue weighted by Gasteiger charge is -2.10. The fourth-order valence-electron chi connectivity index (χ4n) is 2.99. The highest BCUT2D eigenvalue weighted by Gasteiger charge is 2.20.